The molecular formula is C17H18N6O2S. The summed E-state index contributed by atoms with van der Waals surface area (Å²) in [4.78, 5) is 31.2. The summed E-state index contributed by atoms with van der Waals surface area (Å²) in [7, 11) is 3.58. The number of esters is 1. The molecule has 0 aliphatic rings. The normalized spacial score (nSPS) is 10.6. The molecule has 0 amide bonds. The van der Waals surface area contributed by atoms with Crippen molar-refractivity contribution in [3.05, 3.63) is 46.7 Å². The Balaban J connectivity index is 1.74. The van der Waals surface area contributed by atoms with Crippen molar-refractivity contribution < 1.29 is 9.53 Å². The lowest BCUT2D eigenvalue weighted by molar-refractivity contribution is 0.0467. The molecule has 8 nitrogen and oxygen atoms in total. The van der Waals surface area contributed by atoms with Crippen molar-refractivity contribution in [3.63, 3.8) is 0 Å². The average molecular weight is 370 g/mol. The van der Waals surface area contributed by atoms with E-state index in [4.69, 9.17) is 10.5 Å². The summed E-state index contributed by atoms with van der Waals surface area (Å²) in [5, 5.41) is 0.773. The average Bonchev–Trinajstić information content (AvgIpc) is 3.02. The summed E-state index contributed by atoms with van der Waals surface area (Å²) in [5.41, 5.74) is 7.26. The fraction of sp³-hybridized carbons (Fsp3) is 0.235. The number of hydrogen-bond acceptors (Lipinski definition) is 9. The van der Waals surface area contributed by atoms with Crippen LogP contribution in [-0.2, 0) is 11.3 Å². The molecular weight excluding hydrogens is 352 g/mol. The van der Waals surface area contributed by atoms with E-state index >= 15 is 0 Å². The van der Waals surface area contributed by atoms with Gasteiger partial charge < -0.3 is 15.4 Å². The van der Waals surface area contributed by atoms with Gasteiger partial charge in [-0.05, 0) is 6.92 Å². The molecule has 3 rings (SSSR count). The van der Waals surface area contributed by atoms with Crippen molar-refractivity contribution in [2.24, 2.45) is 0 Å². The van der Waals surface area contributed by atoms with E-state index in [1.165, 1.54) is 11.3 Å². The fourth-order valence-electron chi connectivity index (χ4n) is 2.18. The van der Waals surface area contributed by atoms with E-state index in [0.717, 1.165) is 10.6 Å². The van der Waals surface area contributed by atoms with E-state index in [0.29, 0.717) is 22.3 Å². The molecule has 2 heterocycles. The number of rotatable bonds is 5. The number of aromatic nitrogens is 4. The molecule has 3 aromatic rings. The summed E-state index contributed by atoms with van der Waals surface area (Å²) in [6.07, 6.45) is 0. The molecule has 134 valence electrons. The molecule has 0 atom stereocenters. The molecule has 26 heavy (non-hydrogen) atoms. The van der Waals surface area contributed by atoms with Gasteiger partial charge in [0.05, 0.1) is 5.69 Å². The number of thiazole rings is 1. The Bertz CT molecular complexity index is 926. The van der Waals surface area contributed by atoms with Crippen LogP contribution in [0.1, 0.15) is 21.2 Å². The summed E-state index contributed by atoms with van der Waals surface area (Å²) in [6, 6.07) is 9.68. The number of carbonyl (C=O) groups is 1. The second kappa shape index (κ2) is 7.44. The van der Waals surface area contributed by atoms with Crippen LogP contribution < -0.4 is 10.6 Å². The molecule has 0 aliphatic carbocycles. The lowest BCUT2D eigenvalue weighted by atomic mass is 10.2. The Morgan fingerprint density at radius 2 is 1.88 bits per heavy atom. The van der Waals surface area contributed by atoms with Gasteiger partial charge in [-0.2, -0.15) is 15.0 Å². The van der Waals surface area contributed by atoms with Crippen LogP contribution >= 0.6 is 11.3 Å². The first kappa shape index (κ1) is 17.7. The molecule has 1 aromatic carbocycles. The smallest absolute Gasteiger partial charge is 0.350 e. The van der Waals surface area contributed by atoms with E-state index < -0.39 is 5.97 Å². The van der Waals surface area contributed by atoms with Crippen LogP contribution in [0.5, 0.6) is 0 Å². The topological polar surface area (TPSA) is 107 Å². The van der Waals surface area contributed by atoms with Gasteiger partial charge in [-0.25, -0.2) is 9.78 Å². The summed E-state index contributed by atoms with van der Waals surface area (Å²) >= 11 is 1.30. The maximum absolute atomic E-state index is 12.4. The minimum Gasteiger partial charge on any atom is -0.453 e. The third kappa shape index (κ3) is 3.94. The molecule has 0 saturated carbocycles. The lowest BCUT2D eigenvalue weighted by Gasteiger charge is -2.11. The second-order valence-corrected chi connectivity index (χ2v) is 6.68. The van der Waals surface area contributed by atoms with Crippen molar-refractivity contribution in [1.82, 2.24) is 19.9 Å². The first-order valence-corrected chi connectivity index (χ1v) is 8.63. The zero-order chi connectivity index (χ0) is 18.7. The predicted octanol–water partition coefficient (Wildman–Crippen LogP) is 2.31. The van der Waals surface area contributed by atoms with Crippen LogP contribution in [0, 0.1) is 6.92 Å². The highest BCUT2D eigenvalue weighted by Gasteiger charge is 2.18. The first-order valence-electron chi connectivity index (χ1n) is 7.81. The Hall–Kier alpha value is -3.07. The van der Waals surface area contributed by atoms with Gasteiger partial charge in [-0.1, -0.05) is 30.3 Å². The number of ether oxygens (including phenoxy) is 1. The van der Waals surface area contributed by atoms with E-state index in [1.54, 1.807) is 25.9 Å². The van der Waals surface area contributed by atoms with Gasteiger partial charge in [-0.3, -0.25) is 0 Å². The van der Waals surface area contributed by atoms with Gasteiger partial charge in [0.15, 0.2) is 12.4 Å². The Labute approximate surface area is 154 Å². The number of benzene rings is 1. The molecule has 0 saturated heterocycles. The third-order valence-corrected chi connectivity index (χ3v) is 4.61. The summed E-state index contributed by atoms with van der Waals surface area (Å²) < 4.78 is 5.34. The van der Waals surface area contributed by atoms with Gasteiger partial charge in [0.1, 0.15) is 9.88 Å². The zero-order valence-corrected chi connectivity index (χ0v) is 15.4. The van der Waals surface area contributed by atoms with Crippen molar-refractivity contribution in [2.45, 2.75) is 13.5 Å². The van der Waals surface area contributed by atoms with Crippen LogP contribution in [0.2, 0.25) is 0 Å². The molecule has 0 aliphatic heterocycles. The highest BCUT2D eigenvalue weighted by molar-refractivity contribution is 7.17. The van der Waals surface area contributed by atoms with Crippen molar-refractivity contribution in [3.8, 4) is 10.6 Å². The quantitative estimate of drug-likeness (QED) is 0.682. The van der Waals surface area contributed by atoms with E-state index in [-0.39, 0.29) is 12.6 Å². The number of nitrogens with two attached hydrogens (primary N) is 1. The monoisotopic (exact) mass is 370 g/mol. The Morgan fingerprint density at radius 3 is 2.58 bits per heavy atom. The fourth-order valence-corrected chi connectivity index (χ4v) is 3.14. The number of carbonyl (C=O) groups excluding carboxylic acids is 1. The van der Waals surface area contributed by atoms with E-state index in [9.17, 15) is 4.79 Å². The van der Waals surface area contributed by atoms with Crippen molar-refractivity contribution in [2.75, 3.05) is 24.7 Å². The first-order chi connectivity index (χ1) is 12.4. The molecule has 9 heteroatoms. The standard InChI is InChI=1S/C17H18N6O2S/c1-10-13(26-14(19-10)11-7-5-4-6-8-11)15(24)25-9-12-20-16(18)22-17(21-12)23(2)3/h4-8H,9H2,1-3H3,(H2,18,20,21,22). The van der Waals surface area contributed by atoms with Crippen molar-refractivity contribution >= 4 is 29.2 Å². The van der Waals surface area contributed by atoms with E-state index in [1.807, 2.05) is 30.3 Å². The van der Waals surface area contributed by atoms with E-state index in [2.05, 4.69) is 19.9 Å². The SMILES string of the molecule is Cc1nc(-c2ccccc2)sc1C(=O)OCc1nc(N)nc(N(C)C)n1. The number of nitrogen functional groups attached to an aromatic ring is 1. The van der Waals surface area contributed by atoms with Crippen LogP contribution in [0.4, 0.5) is 11.9 Å². The molecule has 0 fully saturated rings. The van der Waals surface area contributed by atoms with Crippen LogP contribution in [0.25, 0.3) is 10.6 Å². The second-order valence-electron chi connectivity index (χ2n) is 5.68. The van der Waals surface area contributed by atoms with Gasteiger partial charge in [0.25, 0.3) is 0 Å². The Kier molecular flexibility index (Phi) is 5.08. The molecule has 0 spiro atoms. The molecule has 0 unspecified atom stereocenters. The predicted molar refractivity (Wildman–Crippen MR) is 100.0 cm³/mol. The minimum absolute atomic E-state index is 0.0788. The molecule has 0 radical (unpaired) electrons. The maximum atomic E-state index is 12.4. The molecule has 0 bridgehead atoms. The highest BCUT2D eigenvalue weighted by Crippen LogP contribution is 2.28. The molecule has 2 N–H and O–H groups in total. The third-order valence-electron chi connectivity index (χ3n) is 3.42. The number of aryl methyl sites for hydroxylation is 1. The van der Waals surface area contributed by atoms with Gasteiger partial charge in [-0.15, -0.1) is 11.3 Å². The van der Waals surface area contributed by atoms with Crippen LogP contribution in [0.3, 0.4) is 0 Å². The minimum atomic E-state index is -0.465. The summed E-state index contributed by atoms with van der Waals surface area (Å²) in [6.45, 7) is 1.69. The van der Waals surface area contributed by atoms with Crippen LogP contribution in [-0.4, -0.2) is 40.0 Å². The molecule has 2 aromatic heterocycles. The van der Waals surface area contributed by atoms with Gasteiger partial charge >= 0.3 is 5.97 Å². The van der Waals surface area contributed by atoms with Gasteiger partial charge in [0.2, 0.25) is 11.9 Å². The number of hydrogen-bond donors (Lipinski definition) is 1. The summed E-state index contributed by atoms with van der Waals surface area (Å²) in [5.74, 6) is 0.312. The lowest BCUT2D eigenvalue weighted by Crippen LogP contribution is -2.17. The Morgan fingerprint density at radius 1 is 1.15 bits per heavy atom. The largest absolute Gasteiger partial charge is 0.453 e. The maximum Gasteiger partial charge on any atom is 0.350 e. The number of nitrogens with zero attached hydrogens (tertiary/aromatic N) is 5. The number of anilines is 2. The highest BCUT2D eigenvalue weighted by atomic mass is 32.1. The van der Waals surface area contributed by atoms with Crippen molar-refractivity contribution in [1.29, 1.82) is 0 Å². The zero-order valence-electron chi connectivity index (χ0n) is 14.6. The van der Waals surface area contributed by atoms with Gasteiger partial charge in [0, 0.05) is 19.7 Å². The van der Waals surface area contributed by atoms with Crippen LogP contribution in [0.15, 0.2) is 30.3 Å².